The molecule has 0 spiro atoms. The summed E-state index contributed by atoms with van der Waals surface area (Å²) in [5.74, 6) is -0.660. The number of sulfonamides is 1. The molecule has 0 bridgehead atoms. The van der Waals surface area contributed by atoms with Gasteiger partial charge in [0, 0.05) is 35.2 Å². The van der Waals surface area contributed by atoms with Crippen LogP contribution in [0.5, 0.6) is 0 Å². The standard InChI is InChI=1S/C20H22BrN3O4S/c1-2-12-23-29(27,28)14-15-3-9-18(10-4-15)24-19(25)11-13-22-20(26)16-5-7-17(21)8-6-16/h2-10,23H,1,11-14H2,(H,22,26)(H,24,25). The van der Waals surface area contributed by atoms with Gasteiger partial charge in [0.15, 0.2) is 0 Å². The number of benzene rings is 2. The van der Waals surface area contributed by atoms with Crippen molar-refractivity contribution in [2.75, 3.05) is 18.4 Å². The molecule has 0 unspecified atom stereocenters. The lowest BCUT2D eigenvalue weighted by molar-refractivity contribution is -0.116. The minimum absolute atomic E-state index is 0.115. The summed E-state index contributed by atoms with van der Waals surface area (Å²) in [6, 6.07) is 13.5. The van der Waals surface area contributed by atoms with E-state index >= 15 is 0 Å². The lowest BCUT2D eigenvalue weighted by atomic mass is 10.2. The van der Waals surface area contributed by atoms with Crippen molar-refractivity contribution in [2.24, 2.45) is 0 Å². The van der Waals surface area contributed by atoms with E-state index in [1.165, 1.54) is 6.08 Å². The summed E-state index contributed by atoms with van der Waals surface area (Å²) >= 11 is 3.31. The van der Waals surface area contributed by atoms with E-state index in [1.54, 1.807) is 48.5 Å². The number of amides is 2. The van der Waals surface area contributed by atoms with Gasteiger partial charge in [-0.25, -0.2) is 13.1 Å². The average Bonchev–Trinajstić information content (AvgIpc) is 2.68. The Balaban J connectivity index is 1.78. The first kappa shape index (κ1) is 22.8. The monoisotopic (exact) mass is 479 g/mol. The smallest absolute Gasteiger partial charge is 0.251 e. The van der Waals surface area contributed by atoms with Crippen LogP contribution in [0, 0.1) is 0 Å². The van der Waals surface area contributed by atoms with Crippen molar-refractivity contribution in [1.29, 1.82) is 0 Å². The molecule has 0 heterocycles. The first-order valence-electron chi connectivity index (χ1n) is 8.80. The van der Waals surface area contributed by atoms with Gasteiger partial charge in [-0.2, -0.15) is 0 Å². The summed E-state index contributed by atoms with van der Waals surface area (Å²) in [6.45, 7) is 3.84. The zero-order chi connectivity index (χ0) is 21.3. The van der Waals surface area contributed by atoms with E-state index in [2.05, 4.69) is 37.9 Å². The third-order valence-corrected chi connectivity index (χ3v) is 5.63. The molecule has 2 amide bonds. The summed E-state index contributed by atoms with van der Waals surface area (Å²) in [5.41, 5.74) is 1.66. The molecular weight excluding hydrogens is 458 g/mol. The van der Waals surface area contributed by atoms with Crippen molar-refractivity contribution in [3.05, 3.63) is 76.8 Å². The molecule has 0 saturated carbocycles. The fraction of sp³-hybridized carbons (Fsp3) is 0.200. The second kappa shape index (κ2) is 10.9. The number of carbonyl (C=O) groups excluding carboxylic acids is 2. The van der Waals surface area contributed by atoms with E-state index in [4.69, 9.17) is 0 Å². The van der Waals surface area contributed by atoms with Crippen LogP contribution in [0.2, 0.25) is 0 Å². The highest BCUT2D eigenvalue weighted by molar-refractivity contribution is 9.10. The van der Waals surface area contributed by atoms with Gasteiger partial charge in [0.1, 0.15) is 0 Å². The number of anilines is 1. The Bertz CT molecular complexity index is 958. The molecule has 7 nitrogen and oxygen atoms in total. The summed E-state index contributed by atoms with van der Waals surface area (Å²) in [5, 5.41) is 5.40. The lowest BCUT2D eigenvalue weighted by Gasteiger charge is -2.08. The minimum Gasteiger partial charge on any atom is -0.352 e. The van der Waals surface area contributed by atoms with Crippen LogP contribution in [-0.2, 0) is 20.6 Å². The molecule has 0 fully saturated rings. The number of hydrogen-bond acceptors (Lipinski definition) is 4. The molecular formula is C20H22BrN3O4S. The van der Waals surface area contributed by atoms with Crippen molar-refractivity contribution in [2.45, 2.75) is 12.2 Å². The Morgan fingerprint density at radius 3 is 2.31 bits per heavy atom. The Hall–Kier alpha value is -2.49. The maximum Gasteiger partial charge on any atom is 0.251 e. The molecule has 2 aromatic carbocycles. The van der Waals surface area contributed by atoms with Crippen LogP contribution in [0.3, 0.4) is 0 Å². The number of carbonyl (C=O) groups is 2. The second-order valence-electron chi connectivity index (χ2n) is 6.15. The van der Waals surface area contributed by atoms with Crippen molar-refractivity contribution in [3.63, 3.8) is 0 Å². The third kappa shape index (κ3) is 8.18. The normalized spacial score (nSPS) is 10.9. The number of rotatable bonds is 10. The zero-order valence-electron chi connectivity index (χ0n) is 15.7. The van der Waals surface area contributed by atoms with Gasteiger partial charge in [0.05, 0.1) is 5.75 Å². The maximum atomic E-state index is 12.0. The van der Waals surface area contributed by atoms with Crippen molar-refractivity contribution >= 4 is 43.5 Å². The molecule has 29 heavy (non-hydrogen) atoms. The zero-order valence-corrected chi connectivity index (χ0v) is 18.1. The molecule has 0 saturated heterocycles. The maximum absolute atomic E-state index is 12.0. The Morgan fingerprint density at radius 1 is 1.03 bits per heavy atom. The van der Waals surface area contributed by atoms with Gasteiger partial charge < -0.3 is 10.6 Å². The predicted octanol–water partition coefficient (Wildman–Crippen LogP) is 2.81. The molecule has 9 heteroatoms. The van der Waals surface area contributed by atoms with E-state index < -0.39 is 10.0 Å². The molecule has 0 aliphatic carbocycles. The van der Waals surface area contributed by atoms with Crippen molar-refractivity contribution in [1.82, 2.24) is 10.0 Å². The van der Waals surface area contributed by atoms with Gasteiger partial charge in [0.25, 0.3) is 5.91 Å². The van der Waals surface area contributed by atoms with E-state index in [-0.39, 0.29) is 37.1 Å². The number of halogens is 1. The van der Waals surface area contributed by atoms with Crippen LogP contribution >= 0.6 is 15.9 Å². The molecule has 0 atom stereocenters. The highest BCUT2D eigenvalue weighted by Crippen LogP contribution is 2.12. The number of nitrogens with one attached hydrogen (secondary N) is 3. The van der Waals surface area contributed by atoms with Gasteiger partial charge in [-0.15, -0.1) is 6.58 Å². The summed E-state index contributed by atoms with van der Waals surface area (Å²) in [4.78, 5) is 24.0. The first-order chi connectivity index (χ1) is 13.8. The predicted molar refractivity (Wildman–Crippen MR) is 117 cm³/mol. The molecule has 0 aliphatic rings. The van der Waals surface area contributed by atoms with Crippen LogP contribution < -0.4 is 15.4 Å². The highest BCUT2D eigenvalue weighted by Gasteiger charge is 2.11. The fourth-order valence-electron chi connectivity index (χ4n) is 2.36. The van der Waals surface area contributed by atoms with Crippen molar-refractivity contribution < 1.29 is 18.0 Å². The van der Waals surface area contributed by atoms with E-state index in [1.807, 2.05) is 0 Å². The number of hydrogen-bond donors (Lipinski definition) is 3. The van der Waals surface area contributed by atoms with Crippen LogP contribution in [0.1, 0.15) is 22.3 Å². The Kier molecular flexibility index (Phi) is 8.56. The lowest BCUT2D eigenvalue weighted by Crippen LogP contribution is -2.27. The first-order valence-corrected chi connectivity index (χ1v) is 11.2. The third-order valence-electron chi connectivity index (χ3n) is 3.79. The van der Waals surface area contributed by atoms with Gasteiger partial charge in [-0.1, -0.05) is 34.1 Å². The molecule has 0 radical (unpaired) electrons. The molecule has 2 rings (SSSR count). The van der Waals surface area contributed by atoms with Crippen molar-refractivity contribution in [3.8, 4) is 0 Å². The van der Waals surface area contributed by atoms with Gasteiger partial charge >= 0.3 is 0 Å². The topological polar surface area (TPSA) is 104 Å². The van der Waals surface area contributed by atoms with Gasteiger partial charge in [-0.3, -0.25) is 9.59 Å². The highest BCUT2D eigenvalue weighted by atomic mass is 79.9. The van der Waals surface area contributed by atoms with Crippen LogP contribution in [0.25, 0.3) is 0 Å². The van der Waals surface area contributed by atoms with Crippen LogP contribution in [0.4, 0.5) is 5.69 Å². The van der Waals surface area contributed by atoms with Gasteiger partial charge in [0.2, 0.25) is 15.9 Å². The van der Waals surface area contributed by atoms with Crippen LogP contribution in [0.15, 0.2) is 65.7 Å². The largest absolute Gasteiger partial charge is 0.352 e. The van der Waals surface area contributed by atoms with E-state index in [0.29, 0.717) is 16.8 Å². The quantitative estimate of drug-likeness (QED) is 0.455. The average molecular weight is 480 g/mol. The Labute approximate surface area is 178 Å². The molecule has 154 valence electrons. The fourth-order valence-corrected chi connectivity index (χ4v) is 3.73. The Morgan fingerprint density at radius 2 is 1.69 bits per heavy atom. The minimum atomic E-state index is -3.43. The summed E-state index contributed by atoms with van der Waals surface area (Å²) < 4.78 is 27.0. The molecule has 0 aliphatic heterocycles. The summed E-state index contributed by atoms with van der Waals surface area (Å²) in [7, 11) is -3.43. The molecule has 0 aromatic heterocycles. The SMILES string of the molecule is C=CCNS(=O)(=O)Cc1ccc(NC(=O)CCNC(=O)c2ccc(Br)cc2)cc1. The van der Waals surface area contributed by atoms with E-state index in [0.717, 1.165) is 4.47 Å². The molecule has 2 aromatic rings. The van der Waals surface area contributed by atoms with Crippen LogP contribution in [-0.4, -0.2) is 33.3 Å². The van der Waals surface area contributed by atoms with Gasteiger partial charge in [-0.05, 0) is 42.0 Å². The van der Waals surface area contributed by atoms with E-state index in [9.17, 15) is 18.0 Å². The second-order valence-corrected chi connectivity index (χ2v) is 8.88. The molecule has 3 N–H and O–H groups in total. The summed E-state index contributed by atoms with van der Waals surface area (Å²) in [6.07, 6.45) is 1.58.